The lowest BCUT2D eigenvalue weighted by Gasteiger charge is -2.22. The molecule has 9 nitrogen and oxygen atoms in total. The van der Waals surface area contributed by atoms with Gasteiger partial charge in [0.1, 0.15) is 12.1 Å². The van der Waals surface area contributed by atoms with Crippen LogP contribution in [0, 0.1) is 6.92 Å². The highest BCUT2D eigenvalue weighted by Crippen LogP contribution is 2.29. The van der Waals surface area contributed by atoms with Crippen molar-refractivity contribution in [3.8, 4) is 0 Å². The third-order valence-electron chi connectivity index (χ3n) is 4.63. The van der Waals surface area contributed by atoms with Crippen molar-refractivity contribution in [2.75, 3.05) is 18.5 Å². The Balaban J connectivity index is 1.63. The fraction of sp³-hybridized carbons (Fsp3) is 0.350. The van der Waals surface area contributed by atoms with E-state index in [-0.39, 0.29) is 18.2 Å². The lowest BCUT2D eigenvalue weighted by Crippen LogP contribution is -2.42. The largest absolute Gasteiger partial charge is 0.466 e. The van der Waals surface area contributed by atoms with Crippen molar-refractivity contribution in [2.45, 2.75) is 32.7 Å². The first kappa shape index (κ1) is 21.4. The molecule has 1 aromatic carbocycles. The standard InChI is InChI=1S/C20H22N4O5S/c1-4-29-16(26)9-14-11-30-18(21-14)22-15(25)10-24-17(27)20(3,23-19(24)28)13-7-5-12(2)6-8-13/h5-8,11H,4,9-10H2,1-3H3,(H,23,28)(H,21,22,25). The number of rotatable bonds is 7. The topological polar surface area (TPSA) is 118 Å². The van der Waals surface area contributed by atoms with E-state index < -0.39 is 35.9 Å². The third-order valence-corrected chi connectivity index (χ3v) is 5.44. The van der Waals surface area contributed by atoms with E-state index in [1.165, 1.54) is 0 Å². The van der Waals surface area contributed by atoms with E-state index in [2.05, 4.69) is 15.6 Å². The summed E-state index contributed by atoms with van der Waals surface area (Å²) in [4.78, 5) is 54.2. The molecular weight excluding hydrogens is 408 g/mol. The maximum atomic E-state index is 12.9. The summed E-state index contributed by atoms with van der Waals surface area (Å²) in [5.74, 6) is -1.48. The summed E-state index contributed by atoms with van der Waals surface area (Å²) in [6.45, 7) is 5.08. The molecule has 1 aromatic heterocycles. The van der Waals surface area contributed by atoms with Gasteiger partial charge >= 0.3 is 12.0 Å². The molecule has 4 amide bonds. The summed E-state index contributed by atoms with van der Waals surface area (Å²) >= 11 is 1.14. The van der Waals surface area contributed by atoms with E-state index in [1.54, 1.807) is 31.4 Å². The molecule has 0 aliphatic carbocycles. The second-order valence-corrected chi connectivity index (χ2v) is 7.84. The second kappa shape index (κ2) is 8.62. The second-order valence-electron chi connectivity index (χ2n) is 6.99. The van der Waals surface area contributed by atoms with Gasteiger partial charge in [-0.25, -0.2) is 9.78 Å². The van der Waals surface area contributed by atoms with Crippen LogP contribution in [-0.2, 0) is 31.1 Å². The maximum Gasteiger partial charge on any atom is 0.325 e. The van der Waals surface area contributed by atoms with Crippen LogP contribution in [0.1, 0.15) is 30.7 Å². The third kappa shape index (κ3) is 4.48. The molecule has 1 saturated heterocycles. The van der Waals surface area contributed by atoms with Crippen LogP contribution in [-0.4, -0.2) is 46.9 Å². The monoisotopic (exact) mass is 430 g/mol. The minimum absolute atomic E-state index is 0.00212. The number of hydrogen-bond acceptors (Lipinski definition) is 7. The van der Waals surface area contributed by atoms with Crippen LogP contribution in [0.2, 0.25) is 0 Å². The van der Waals surface area contributed by atoms with Gasteiger partial charge in [-0.1, -0.05) is 29.8 Å². The molecule has 1 fully saturated rings. The molecule has 0 bridgehead atoms. The minimum atomic E-state index is -1.24. The molecule has 0 saturated carbocycles. The number of esters is 1. The van der Waals surface area contributed by atoms with Crippen molar-refractivity contribution in [3.63, 3.8) is 0 Å². The smallest absolute Gasteiger partial charge is 0.325 e. The van der Waals surface area contributed by atoms with Crippen molar-refractivity contribution < 1.29 is 23.9 Å². The number of carbonyl (C=O) groups excluding carboxylic acids is 4. The first-order valence-electron chi connectivity index (χ1n) is 9.34. The van der Waals surface area contributed by atoms with Gasteiger partial charge < -0.3 is 15.4 Å². The molecule has 0 radical (unpaired) electrons. The number of nitrogens with zero attached hydrogens (tertiary/aromatic N) is 2. The molecular formula is C20H22N4O5S. The van der Waals surface area contributed by atoms with Gasteiger partial charge in [-0.15, -0.1) is 11.3 Å². The molecule has 2 heterocycles. The average molecular weight is 430 g/mol. The predicted octanol–water partition coefficient (Wildman–Crippen LogP) is 1.96. The number of carbonyl (C=O) groups is 4. The summed E-state index contributed by atoms with van der Waals surface area (Å²) in [5.41, 5.74) is 0.897. The first-order valence-corrected chi connectivity index (χ1v) is 10.2. The number of ether oxygens (including phenoxy) is 1. The van der Waals surface area contributed by atoms with Gasteiger partial charge in [0.2, 0.25) is 5.91 Å². The van der Waals surface area contributed by atoms with E-state index in [1.807, 2.05) is 19.1 Å². The number of nitrogens with one attached hydrogen (secondary N) is 2. The number of imide groups is 1. The number of urea groups is 1. The van der Waals surface area contributed by atoms with Gasteiger partial charge in [-0.05, 0) is 26.3 Å². The van der Waals surface area contributed by atoms with Crippen LogP contribution >= 0.6 is 11.3 Å². The highest BCUT2D eigenvalue weighted by atomic mass is 32.1. The van der Waals surface area contributed by atoms with Gasteiger partial charge in [0, 0.05) is 5.38 Å². The van der Waals surface area contributed by atoms with Crippen molar-refractivity contribution >= 4 is 40.3 Å². The van der Waals surface area contributed by atoms with E-state index in [0.29, 0.717) is 11.3 Å². The molecule has 1 atom stereocenters. The number of hydrogen-bond donors (Lipinski definition) is 2. The van der Waals surface area contributed by atoms with Gasteiger partial charge in [0.05, 0.1) is 18.7 Å². The molecule has 158 valence electrons. The molecule has 1 aliphatic heterocycles. The van der Waals surface area contributed by atoms with Gasteiger partial charge in [-0.2, -0.15) is 0 Å². The fourth-order valence-electron chi connectivity index (χ4n) is 3.03. The van der Waals surface area contributed by atoms with Crippen molar-refractivity contribution in [1.82, 2.24) is 15.2 Å². The van der Waals surface area contributed by atoms with Crippen molar-refractivity contribution in [2.24, 2.45) is 0 Å². The summed E-state index contributed by atoms with van der Waals surface area (Å²) in [6, 6.07) is 6.62. The number of aromatic nitrogens is 1. The zero-order chi connectivity index (χ0) is 21.9. The Kier molecular flexibility index (Phi) is 6.16. The van der Waals surface area contributed by atoms with E-state index >= 15 is 0 Å². The molecule has 10 heteroatoms. The Labute approximate surface area is 177 Å². The van der Waals surface area contributed by atoms with Crippen LogP contribution in [0.5, 0.6) is 0 Å². The summed E-state index contributed by atoms with van der Waals surface area (Å²) in [6.07, 6.45) is 0.00212. The highest BCUT2D eigenvalue weighted by Gasteiger charge is 2.49. The van der Waals surface area contributed by atoms with Crippen LogP contribution < -0.4 is 10.6 Å². The number of thiazole rings is 1. The quantitative estimate of drug-likeness (QED) is 0.512. The first-order chi connectivity index (χ1) is 14.2. The molecule has 30 heavy (non-hydrogen) atoms. The zero-order valence-electron chi connectivity index (χ0n) is 16.9. The van der Waals surface area contributed by atoms with E-state index in [9.17, 15) is 19.2 Å². The van der Waals surface area contributed by atoms with Crippen LogP contribution in [0.3, 0.4) is 0 Å². The van der Waals surface area contributed by atoms with Crippen LogP contribution in [0.15, 0.2) is 29.6 Å². The number of benzene rings is 1. The fourth-order valence-corrected chi connectivity index (χ4v) is 3.76. The SMILES string of the molecule is CCOC(=O)Cc1csc(NC(=O)CN2C(=O)NC(C)(c3ccc(C)cc3)C2=O)n1. The minimum Gasteiger partial charge on any atom is -0.466 e. The molecule has 1 unspecified atom stereocenters. The van der Waals surface area contributed by atoms with Crippen LogP contribution in [0.4, 0.5) is 9.93 Å². The molecule has 3 rings (SSSR count). The number of amides is 4. The van der Waals surface area contributed by atoms with Gasteiger partial charge in [0.25, 0.3) is 5.91 Å². The maximum absolute atomic E-state index is 12.9. The predicted molar refractivity (Wildman–Crippen MR) is 110 cm³/mol. The van der Waals surface area contributed by atoms with Gasteiger partial charge in [-0.3, -0.25) is 19.3 Å². The Morgan fingerprint density at radius 2 is 1.97 bits per heavy atom. The van der Waals surface area contributed by atoms with Gasteiger partial charge in [0.15, 0.2) is 5.13 Å². The Bertz CT molecular complexity index is 987. The molecule has 2 aromatic rings. The molecule has 1 aliphatic rings. The van der Waals surface area contributed by atoms with Crippen molar-refractivity contribution in [3.05, 3.63) is 46.5 Å². The van der Waals surface area contributed by atoms with Crippen LogP contribution in [0.25, 0.3) is 0 Å². The summed E-state index contributed by atoms with van der Waals surface area (Å²) in [5, 5.41) is 7.12. The van der Waals surface area contributed by atoms with Crippen molar-refractivity contribution in [1.29, 1.82) is 0 Å². The zero-order valence-corrected chi connectivity index (χ0v) is 17.7. The Morgan fingerprint density at radius 3 is 2.63 bits per heavy atom. The summed E-state index contributed by atoms with van der Waals surface area (Å²) < 4.78 is 4.86. The highest BCUT2D eigenvalue weighted by molar-refractivity contribution is 7.13. The average Bonchev–Trinajstić information content (AvgIpc) is 3.20. The molecule has 2 N–H and O–H groups in total. The number of aryl methyl sites for hydroxylation is 1. The number of anilines is 1. The normalized spacial score (nSPS) is 18.3. The summed E-state index contributed by atoms with van der Waals surface area (Å²) in [7, 11) is 0. The van der Waals surface area contributed by atoms with E-state index in [4.69, 9.17) is 4.74 Å². The Hall–Kier alpha value is -3.27. The van der Waals surface area contributed by atoms with E-state index in [0.717, 1.165) is 21.8 Å². The lowest BCUT2D eigenvalue weighted by molar-refractivity contribution is -0.142. The Morgan fingerprint density at radius 1 is 1.27 bits per heavy atom. The molecule has 0 spiro atoms. The lowest BCUT2D eigenvalue weighted by atomic mass is 9.91.